The van der Waals surface area contributed by atoms with Gasteiger partial charge >= 0.3 is 5.95 Å². The zero-order chi connectivity index (χ0) is 11.6. The lowest BCUT2D eigenvalue weighted by Crippen LogP contribution is -2.28. The van der Waals surface area contributed by atoms with Crippen LogP contribution in [0.2, 0.25) is 0 Å². The van der Waals surface area contributed by atoms with Gasteiger partial charge in [-0.15, -0.1) is 0 Å². The minimum absolute atomic E-state index is 0.0827. The molecule has 1 heterocycles. The normalized spacial score (nSPS) is 12.1. The van der Waals surface area contributed by atoms with Crippen molar-refractivity contribution in [2.24, 2.45) is 5.92 Å². The number of nitro groups is 1. The monoisotopic (exact) mass is 211 g/mol. The molecule has 5 nitrogen and oxygen atoms in total. The van der Waals surface area contributed by atoms with E-state index in [9.17, 15) is 10.1 Å². The first-order valence-corrected chi connectivity index (χ1v) is 5.03. The summed E-state index contributed by atoms with van der Waals surface area (Å²) in [6, 6.07) is 0. The lowest BCUT2D eigenvalue weighted by molar-refractivity contribution is -0.398. The average Bonchev–Trinajstić information content (AvgIpc) is 2.48. The van der Waals surface area contributed by atoms with Crippen LogP contribution in [0.25, 0.3) is 0 Å². The van der Waals surface area contributed by atoms with Gasteiger partial charge in [0.05, 0.1) is 5.54 Å². The molecule has 0 N–H and O–H groups in total. The molecule has 0 aromatic carbocycles. The Kier molecular flexibility index (Phi) is 3.12. The van der Waals surface area contributed by atoms with Crippen molar-refractivity contribution in [2.45, 2.75) is 39.7 Å². The standard InChI is InChI=1S/C10H17N3O2/c1-8(2)7-10(3,4)12-6-5-11-9(12)13(14)15/h5-6,8H,7H2,1-4H3. The van der Waals surface area contributed by atoms with Gasteiger partial charge in [-0.05, 0) is 31.1 Å². The van der Waals surface area contributed by atoms with Crippen molar-refractivity contribution in [2.75, 3.05) is 0 Å². The lowest BCUT2D eigenvalue weighted by atomic mass is 9.92. The largest absolute Gasteiger partial charge is 0.434 e. The Morgan fingerprint density at radius 2 is 2.20 bits per heavy atom. The minimum Gasteiger partial charge on any atom is -0.390 e. The van der Waals surface area contributed by atoms with Gasteiger partial charge in [-0.1, -0.05) is 18.8 Å². The molecule has 0 saturated carbocycles. The molecule has 1 aromatic heterocycles. The van der Waals surface area contributed by atoms with Gasteiger partial charge in [-0.25, -0.2) is 4.57 Å². The highest BCUT2D eigenvalue weighted by atomic mass is 16.6. The van der Waals surface area contributed by atoms with Crippen LogP contribution < -0.4 is 0 Å². The van der Waals surface area contributed by atoms with E-state index in [2.05, 4.69) is 18.8 Å². The second-order valence-electron chi connectivity index (χ2n) is 4.76. The maximum Gasteiger partial charge on any atom is 0.434 e. The summed E-state index contributed by atoms with van der Waals surface area (Å²) in [6.07, 6.45) is 4.02. The van der Waals surface area contributed by atoms with Gasteiger partial charge in [0.1, 0.15) is 12.4 Å². The Labute approximate surface area is 89.3 Å². The number of imidazole rings is 1. The number of aromatic nitrogens is 2. The van der Waals surface area contributed by atoms with Gasteiger partial charge in [0.2, 0.25) is 0 Å². The summed E-state index contributed by atoms with van der Waals surface area (Å²) in [5.41, 5.74) is -0.271. The highest BCUT2D eigenvalue weighted by Crippen LogP contribution is 2.28. The average molecular weight is 211 g/mol. The van der Waals surface area contributed by atoms with Crippen LogP contribution in [-0.2, 0) is 5.54 Å². The zero-order valence-corrected chi connectivity index (χ0v) is 9.60. The molecule has 0 unspecified atom stereocenters. The number of hydrogen-bond donors (Lipinski definition) is 0. The molecule has 0 radical (unpaired) electrons. The van der Waals surface area contributed by atoms with Crippen LogP contribution in [0.3, 0.4) is 0 Å². The molecule has 0 amide bonds. The second-order valence-corrected chi connectivity index (χ2v) is 4.76. The van der Waals surface area contributed by atoms with E-state index in [1.54, 1.807) is 10.8 Å². The fraction of sp³-hybridized carbons (Fsp3) is 0.700. The summed E-state index contributed by atoms with van der Waals surface area (Å²) >= 11 is 0. The van der Waals surface area contributed by atoms with E-state index in [-0.39, 0.29) is 11.5 Å². The smallest absolute Gasteiger partial charge is 0.390 e. The summed E-state index contributed by atoms with van der Waals surface area (Å²) in [5.74, 6) is 0.405. The van der Waals surface area contributed by atoms with E-state index in [0.29, 0.717) is 5.92 Å². The maximum atomic E-state index is 10.7. The second kappa shape index (κ2) is 4.00. The Hall–Kier alpha value is -1.39. The predicted octanol–water partition coefficient (Wildman–Crippen LogP) is 2.57. The summed E-state index contributed by atoms with van der Waals surface area (Å²) in [6.45, 7) is 8.18. The van der Waals surface area contributed by atoms with E-state index in [1.807, 2.05) is 13.8 Å². The molecule has 1 aromatic rings. The zero-order valence-electron chi connectivity index (χ0n) is 9.60. The van der Waals surface area contributed by atoms with Crippen LogP contribution in [0, 0.1) is 16.0 Å². The fourth-order valence-electron chi connectivity index (χ4n) is 2.00. The molecule has 15 heavy (non-hydrogen) atoms. The Balaban J connectivity index is 3.03. The molecule has 1 rings (SSSR count). The molecule has 5 heteroatoms. The van der Waals surface area contributed by atoms with Crippen LogP contribution >= 0.6 is 0 Å². The lowest BCUT2D eigenvalue weighted by Gasteiger charge is -2.25. The third-order valence-electron chi connectivity index (χ3n) is 2.34. The number of rotatable bonds is 4. The predicted molar refractivity (Wildman–Crippen MR) is 57.7 cm³/mol. The van der Waals surface area contributed by atoms with Crippen LogP contribution in [0.1, 0.15) is 34.1 Å². The van der Waals surface area contributed by atoms with Crippen LogP contribution in [0.4, 0.5) is 5.95 Å². The minimum atomic E-state index is -0.442. The first-order chi connectivity index (χ1) is 6.84. The van der Waals surface area contributed by atoms with Gasteiger partial charge in [0.15, 0.2) is 0 Å². The van der Waals surface area contributed by atoms with Crippen molar-refractivity contribution < 1.29 is 4.92 Å². The molecule has 0 atom stereocenters. The number of nitrogens with zero attached hydrogens (tertiary/aromatic N) is 3. The van der Waals surface area contributed by atoms with Crippen molar-refractivity contribution >= 4 is 5.95 Å². The Morgan fingerprint density at radius 1 is 1.60 bits per heavy atom. The van der Waals surface area contributed by atoms with Crippen LogP contribution in [0.15, 0.2) is 12.4 Å². The maximum absolute atomic E-state index is 10.7. The summed E-state index contributed by atoms with van der Waals surface area (Å²) < 4.78 is 1.63. The van der Waals surface area contributed by atoms with E-state index < -0.39 is 4.92 Å². The van der Waals surface area contributed by atoms with Crippen molar-refractivity contribution in [3.63, 3.8) is 0 Å². The quantitative estimate of drug-likeness (QED) is 0.568. The molecular weight excluding hydrogens is 194 g/mol. The summed E-state index contributed by atoms with van der Waals surface area (Å²) in [7, 11) is 0. The van der Waals surface area contributed by atoms with E-state index >= 15 is 0 Å². The Morgan fingerprint density at radius 3 is 2.67 bits per heavy atom. The van der Waals surface area contributed by atoms with Gasteiger partial charge in [-0.2, -0.15) is 0 Å². The summed E-state index contributed by atoms with van der Waals surface area (Å²) in [4.78, 5) is 14.0. The highest BCUT2D eigenvalue weighted by Gasteiger charge is 2.30. The first-order valence-electron chi connectivity index (χ1n) is 5.03. The molecular formula is C10H17N3O2. The van der Waals surface area contributed by atoms with E-state index in [0.717, 1.165) is 6.42 Å². The molecule has 0 aliphatic rings. The van der Waals surface area contributed by atoms with Crippen molar-refractivity contribution in [3.05, 3.63) is 22.5 Å². The van der Waals surface area contributed by atoms with Gasteiger partial charge in [0.25, 0.3) is 0 Å². The molecule has 0 bridgehead atoms. The van der Waals surface area contributed by atoms with Crippen molar-refractivity contribution in [3.8, 4) is 0 Å². The molecule has 0 aliphatic heterocycles. The number of hydrogen-bond acceptors (Lipinski definition) is 3. The molecule has 84 valence electrons. The molecule has 0 saturated heterocycles. The van der Waals surface area contributed by atoms with E-state index in [1.165, 1.54) is 6.20 Å². The Bertz CT molecular complexity index is 355. The SMILES string of the molecule is CC(C)CC(C)(C)n1ccnc1[N+](=O)[O-]. The van der Waals surface area contributed by atoms with Crippen LogP contribution in [-0.4, -0.2) is 14.5 Å². The highest BCUT2D eigenvalue weighted by molar-refractivity contribution is 5.10. The van der Waals surface area contributed by atoms with E-state index in [4.69, 9.17) is 0 Å². The van der Waals surface area contributed by atoms with Gasteiger partial charge in [-0.3, -0.25) is 0 Å². The van der Waals surface area contributed by atoms with Gasteiger partial charge in [0, 0.05) is 0 Å². The third-order valence-corrected chi connectivity index (χ3v) is 2.34. The van der Waals surface area contributed by atoms with Gasteiger partial charge < -0.3 is 10.1 Å². The summed E-state index contributed by atoms with van der Waals surface area (Å²) in [5, 5.41) is 10.7. The van der Waals surface area contributed by atoms with Crippen molar-refractivity contribution in [1.29, 1.82) is 0 Å². The fourth-order valence-corrected chi connectivity index (χ4v) is 2.00. The molecule has 0 fully saturated rings. The van der Waals surface area contributed by atoms with Crippen LogP contribution in [0.5, 0.6) is 0 Å². The molecule has 0 aliphatic carbocycles. The van der Waals surface area contributed by atoms with Crippen molar-refractivity contribution in [1.82, 2.24) is 9.55 Å². The molecule has 0 spiro atoms. The third kappa shape index (κ3) is 2.55. The first kappa shape index (κ1) is 11.7. The topological polar surface area (TPSA) is 61.0 Å².